The largest absolute Gasteiger partial charge is 0.480 e. The number of hydrogen-bond donors (Lipinski definition) is 7. The second-order valence-corrected chi connectivity index (χ2v) is 7.53. The van der Waals surface area contributed by atoms with Crippen molar-refractivity contribution in [2.75, 3.05) is 6.54 Å². The highest BCUT2D eigenvalue weighted by atomic mass is 16.4. The molecule has 0 saturated carbocycles. The van der Waals surface area contributed by atoms with Crippen molar-refractivity contribution >= 4 is 29.6 Å². The van der Waals surface area contributed by atoms with Gasteiger partial charge in [0.05, 0.1) is 12.6 Å². The molecule has 0 spiro atoms. The van der Waals surface area contributed by atoms with E-state index in [1.807, 2.05) is 13.8 Å². The molecular formula is C18H33N5O7. The van der Waals surface area contributed by atoms with Crippen molar-refractivity contribution < 1.29 is 34.2 Å². The molecule has 0 radical (unpaired) electrons. The van der Waals surface area contributed by atoms with Crippen molar-refractivity contribution in [1.82, 2.24) is 21.3 Å². The Hall–Kier alpha value is -2.73. The molecule has 172 valence electrons. The lowest BCUT2D eigenvalue weighted by atomic mass is 10.0. The van der Waals surface area contributed by atoms with Gasteiger partial charge in [0.25, 0.3) is 0 Å². The number of hydrogen-bond acceptors (Lipinski definition) is 7. The quantitative estimate of drug-likeness (QED) is 0.175. The minimum absolute atomic E-state index is 0.0236. The summed E-state index contributed by atoms with van der Waals surface area (Å²) in [6.07, 6.45) is -0.831. The van der Waals surface area contributed by atoms with Gasteiger partial charge in [0.1, 0.15) is 24.2 Å². The molecular weight excluding hydrogens is 398 g/mol. The minimum atomic E-state index is -1.22. The second-order valence-electron chi connectivity index (χ2n) is 7.53. The molecule has 0 aliphatic heterocycles. The highest BCUT2D eigenvalue weighted by Crippen LogP contribution is 2.05. The highest BCUT2D eigenvalue weighted by molar-refractivity contribution is 5.94. The Morgan fingerprint density at radius 3 is 1.83 bits per heavy atom. The van der Waals surface area contributed by atoms with Crippen molar-refractivity contribution in [3.05, 3.63) is 0 Å². The zero-order valence-corrected chi connectivity index (χ0v) is 17.9. The van der Waals surface area contributed by atoms with Crippen LogP contribution < -0.4 is 27.0 Å². The number of aliphatic hydroxyl groups excluding tert-OH is 1. The number of aliphatic carboxylic acids is 1. The highest BCUT2D eigenvalue weighted by Gasteiger charge is 2.27. The Morgan fingerprint density at radius 1 is 0.833 bits per heavy atom. The molecule has 0 saturated heterocycles. The van der Waals surface area contributed by atoms with E-state index in [4.69, 9.17) is 10.8 Å². The summed E-state index contributed by atoms with van der Waals surface area (Å²) in [5, 5.41) is 27.5. The van der Waals surface area contributed by atoms with Gasteiger partial charge in [-0.1, -0.05) is 13.8 Å². The number of carboxylic acid groups (broad SMARTS) is 1. The number of carboxylic acids is 1. The topological polar surface area (TPSA) is 200 Å². The van der Waals surface area contributed by atoms with Crippen molar-refractivity contribution in [1.29, 1.82) is 0 Å². The van der Waals surface area contributed by atoms with Crippen LogP contribution in [0.5, 0.6) is 0 Å². The predicted octanol–water partition coefficient (Wildman–Crippen LogP) is -2.56. The van der Waals surface area contributed by atoms with E-state index in [-0.39, 0.29) is 12.3 Å². The number of carbonyl (C=O) groups excluding carboxylic acids is 4. The van der Waals surface area contributed by atoms with Crippen LogP contribution in [-0.4, -0.2) is 76.6 Å². The average molecular weight is 431 g/mol. The third-order valence-electron chi connectivity index (χ3n) is 4.09. The normalized spacial score (nSPS) is 15.9. The summed E-state index contributed by atoms with van der Waals surface area (Å²) in [7, 11) is 0. The molecule has 0 bridgehead atoms. The zero-order chi connectivity index (χ0) is 23.6. The standard InChI is InChI=1S/C18H33N5O7/c1-8(2)6-12(23-13(25)7-20-17(28)14(19)11(5)24)16(27)21-9(3)15(26)22-10(4)18(29)30/h8-12,14,24H,6-7,19H2,1-5H3,(H,20,28)(H,21,27)(H,22,26)(H,23,25)(H,29,30)/t9-,10-,11+,12-,14-/m0/s1. The van der Waals surface area contributed by atoms with E-state index in [9.17, 15) is 29.1 Å². The van der Waals surface area contributed by atoms with Crippen LogP contribution in [-0.2, 0) is 24.0 Å². The van der Waals surface area contributed by atoms with Gasteiger partial charge in [-0.15, -0.1) is 0 Å². The first-order valence-electron chi connectivity index (χ1n) is 9.60. The molecule has 0 unspecified atom stereocenters. The zero-order valence-electron chi connectivity index (χ0n) is 17.9. The smallest absolute Gasteiger partial charge is 0.325 e. The number of rotatable bonds is 12. The first-order valence-corrected chi connectivity index (χ1v) is 9.60. The van der Waals surface area contributed by atoms with Crippen LogP contribution in [0.25, 0.3) is 0 Å². The van der Waals surface area contributed by atoms with E-state index in [0.717, 1.165) is 0 Å². The predicted molar refractivity (Wildman–Crippen MR) is 107 cm³/mol. The lowest BCUT2D eigenvalue weighted by molar-refractivity contribution is -0.141. The van der Waals surface area contributed by atoms with Gasteiger partial charge in [-0.3, -0.25) is 24.0 Å². The molecule has 30 heavy (non-hydrogen) atoms. The third kappa shape index (κ3) is 10.2. The lowest BCUT2D eigenvalue weighted by Crippen LogP contribution is -2.56. The third-order valence-corrected chi connectivity index (χ3v) is 4.09. The summed E-state index contributed by atoms with van der Waals surface area (Å²) < 4.78 is 0. The average Bonchev–Trinajstić information content (AvgIpc) is 2.63. The number of nitrogens with two attached hydrogens (primary N) is 1. The molecule has 0 aliphatic rings. The van der Waals surface area contributed by atoms with E-state index in [0.29, 0.717) is 0 Å². The van der Waals surface area contributed by atoms with Crippen LogP contribution >= 0.6 is 0 Å². The van der Waals surface area contributed by atoms with E-state index >= 15 is 0 Å². The van der Waals surface area contributed by atoms with E-state index in [1.165, 1.54) is 20.8 Å². The fourth-order valence-corrected chi connectivity index (χ4v) is 2.23. The van der Waals surface area contributed by atoms with Crippen molar-refractivity contribution in [2.24, 2.45) is 11.7 Å². The Bertz CT molecular complexity index is 638. The molecule has 5 atom stereocenters. The van der Waals surface area contributed by atoms with Gasteiger partial charge in [0, 0.05) is 0 Å². The maximum atomic E-state index is 12.5. The maximum absolute atomic E-state index is 12.5. The van der Waals surface area contributed by atoms with Crippen LogP contribution in [0, 0.1) is 5.92 Å². The van der Waals surface area contributed by atoms with Crippen LogP contribution in [0.2, 0.25) is 0 Å². The van der Waals surface area contributed by atoms with Gasteiger partial charge in [-0.05, 0) is 33.1 Å². The molecule has 12 nitrogen and oxygen atoms in total. The van der Waals surface area contributed by atoms with E-state index < -0.39 is 66.4 Å². The number of nitrogens with one attached hydrogen (secondary N) is 4. The van der Waals surface area contributed by atoms with Gasteiger partial charge in [0.15, 0.2) is 0 Å². The molecule has 0 fully saturated rings. The summed E-state index contributed by atoms with van der Waals surface area (Å²) in [5.41, 5.74) is 5.47. The summed E-state index contributed by atoms with van der Waals surface area (Å²) in [5.74, 6) is -3.89. The molecule has 0 rings (SSSR count). The van der Waals surface area contributed by atoms with Crippen LogP contribution in [0.3, 0.4) is 0 Å². The number of aliphatic hydroxyl groups is 1. The van der Waals surface area contributed by atoms with Gasteiger partial charge >= 0.3 is 5.97 Å². The number of amides is 4. The van der Waals surface area contributed by atoms with Gasteiger partial charge in [-0.2, -0.15) is 0 Å². The Balaban J connectivity index is 4.87. The molecule has 0 aromatic carbocycles. The first kappa shape index (κ1) is 27.3. The Kier molecular flexibility index (Phi) is 11.6. The molecule has 8 N–H and O–H groups in total. The molecule has 0 aromatic rings. The summed E-state index contributed by atoms with van der Waals surface area (Å²) in [6.45, 7) is 7.22. The fourth-order valence-electron chi connectivity index (χ4n) is 2.23. The van der Waals surface area contributed by atoms with Crippen molar-refractivity contribution in [3.8, 4) is 0 Å². The summed E-state index contributed by atoms with van der Waals surface area (Å²) in [4.78, 5) is 59.2. The van der Waals surface area contributed by atoms with Gasteiger partial charge < -0.3 is 37.2 Å². The van der Waals surface area contributed by atoms with E-state index in [1.54, 1.807) is 0 Å². The van der Waals surface area contributed by atoms with Crippen LogP contribution in [0.1, 0.15) is 41.0 Å². The van der Waals surface area contributed by atoms with Crippen molar-refractivity contribution in [2.45, 2.75) is 71.3 Å². The molecule has 0 aromatic heterocycles. The van der Waals surface area contributed by atoms with Gasteiger partial charge in [-0.25, -0.2) is 0 Å². The molecule has 0 aliphatic carbocycles. The Morgan fingerprint density at radius 2 is 1.37 bits per heavy atom. The molecule has 0 heterocycles. The van der Waals surface area contributed by atoms with Crippen LogP contribution in [0.15, 0.2) is 0 Å². The lowest BCUT2D eigenvalue weighted by Gasteiger charge is -2.23. The fraction of sp³-hybridized carbons (Fsp3) is 0.722. The second kappa shape index (κ2) is 12.8. The van der Waals surface area contributed by atoms with E-state index in [2.05, 4.69) is 21.3 Å². The molecule has 12 heteroatoms. The minimum Gasteiger partial charge on any atom is -0.480 e. The maximum Gasteiger partial charge on any atom is 0.325 e. The molecule has 4 amide bonds. The first-order chi connectivity index (χ1) is 13.8. The SMILES string of the molecule is CC(C)C[C@H](NC(=O)CNC(=O)[C@@H](N)[C@@H](C)O)C(=O)N[C@@H](C)C(=O)N[C@@H](C)C(=O)O. The Labute approximate surface area is 175 Å². The van der Waals surface area contributed by atoms with Gasteiger partial charge in [0.2, 0.25) is 23.6 Å². The van der Waals surface area contributed by atoms with Crippen molar-refractivity contribution in [3.63, 3.8) is 0 Å². The monoisotopic (exact) mass is 431 g/mol. The summed E-state index contributed by atoms with van der Waals surface area (Å²) >= 11 is 0. The van der Waals surface area contributed by atoms with Crippen LogP contribution in [0.4, 0.5) is 0 Å². The summed E-state index contributed by atoms with van der Waals surface area (Å²) in [6, 6.07) is -4.33. The number of carbonyl (C=O) groups is 5.